The maximum atomic E-state index is 11.2. The molecule has 0 radical (unpaired) electrons. The zero-order chi connectivity index (χ0) is 9.52. The zero-order valence-corrected chi connectivity index (χ0v) is 8.88. The van der Waals surface area contributed by atoms with Crippen LogP contribution in [0.5, 0.6) is 0 Å². The van der Waals surface area contributed by atoms with Crippen LogP contribution in [0.4, 0.5) is 5.82 Å². The molecule has 1 heterocycles. The Morgan fingerprint density at radius 2 is 2.36 bits per heavy atom. The molecule has 14 heavy (non-hydrogen) atoms. The molecule has 0 saturated heterocycles. The van der Waals surface area contributed by atoms with Gasteiger partial charge in [-0.25, -0.2) is 0 Å². The number of nitrogens with one attached hydrogen (secondary N) is 1. The van der Waals surface area contributed by atoms with E-state index in [0.29, 0.717) is 12.2 Å². The Bertz CT molecular complexity index is 266. The van der Waals surface area contributed by atoms with E-state index in [4.69, 9.17) is 0 Å². The van der Waals surface area contributed by atoms with Crippen LogP contribution in [0.2, 0.25) is 0 Å². The second kappa shape index (κ2) is 7.26. The summed E-state index contributed by atoms with van der Waals surface area (Å²) in [5, 5.41) is 10.1. The molecule has 4 nitrogen and oxygen atoms in total. The third-order valence-electron chi connectivity index (χ3n) is 1.60. The van der Waals surface area contributed by atoms with Crippen LogP contribution in [0, 0.1) is 0 Å². The first-order valence-electron chi connectivity index (χ1n) is 4.40. The SMILES string of the molecule is CCCCC(=O)Nc1cccnn1.Cl. The van der Waals surface area contributed by atoms with E-state index in [9.17, 15) is 4.79 Å². The molecule has 1 aromatic rings. The maximum absolute atomic E-state index is 11.2. The van der Waals surface area contributed by atoms with Crippen molar-refractivity contribution in [1.29, 1.82) is 0 Å². The van der Waals surface area contributed by atoms with E-state index in [0.717, 1.165) is 12.8 Å². The Morgan fingerprint density at radius 1 is 1.57 bits per heavy atom. The summed E-state index contributed by atoms with van der Waals surface area (Å²) in [5.74, 6) is 0.519. The lowest BCUT2D eigenvalue weighted by molar-refractivity contribution is -0.116. The molecule has 0 atom stereocenters. The van der Waals surface area contributed by atoms with Crippen molar-refractivity contribution in [1.82, 2.24) is 10.2 Å². The molecule has 1 amide bonds. The lowest BCUT2D eigenvalue weighted by Gasteiger charge is -2.01. The summed E-state index contributed by atoms with van der Waals surface area (Å²) >= 11 is 0. The monoisotopic (exact) mass is 215 g/mol. The lowest BCUT2D eigenvalue weighted by Crippen LogP contribution is -2.12. The van der Waals surface area contributed by atoms with Gasteiger partial charge in [-0.3, -0.25) is 4.79 Å². The van der Waals surface area contributed by atoms with Gasteiger partial charge in [0, 0.05) is 12.6 Å². The average molecular weight is 216 g/mol. The largest absolute Gasteiger partial charge is 0.309 e. The second-order valence-corrected chi connectivity index (χ2v) is 2.76. The molecule has 0 unspecified atom stereocenters. The lowest BCUT2D eigenvalue weighted by atomic mass is 10.2. The second-order valence-electron chi connectivity index (χ2n) is 2.76. The van der Waals surface area contributed by atoms with Crippen LogP contribution in [0.3, 0.4) is 0 Å². The van der Waals surface area contributed by atoms with Crippen LogP contribution in [0.1, 0.15) is 26.2 Å². The zero-order valence-electron chi connectivity index (χ0n) is 8.06. The fourth-order valence-electron chi connectivity index (χ4n) is 0.911. The number of carbonyl (C=O) groups is 1. The van der Waals surface area contributed by atoms with Crippen molar-refractivity contribution >= 4 is 24.1 Å². The van der Waals surface area contributed by atoms with Gasteiger partial charge in [0.25, 0.3) is 0 Å². The Kier molecular flexibility index (Phi) is 6.66. The highest BCUT2D eigenvalue weighted by Gasteiger charge is 2.01. The van der Waals surface area contributed by atoms with Crippen LogP contribution in [-0.2, 0) is 4.79 Å². The number of halogens is 1. The molecule has 0 aliphatic heterocycles. The molecule has 0 aromatic carbocycles. The molecule has 1 aromatic heterocycles. The average Bonchev–Trinajstić information content (AvgIpc) is 2.16. The van der Waals surface area contributed by atoms with Crippen molar-refractivity contribution in [3.63, 3.8) is 0 Å². The first-order chi connectivity index (χ1) is 6.33. The van der Waals surface area contributed by atoms with Gasteiger partial charge in [-0.15, -0.1) is 17.5 Å². The number of anilines is 1. The Labute approximate surface area is 89.5 Å². The topological polar surface area (TPSA) is 54.9 Å². The molecular formula is C9H14ClN3O. The van der Waals surface area contributed by atoms with Crippen LogP contribution < -0.4 is 5.32 Å². The Balaban J connectivity index is 0.00000169. The number of rotatable bonds is 4. The molecular weight excluding hydrogens is 202 g/mol. The van der Waals surface area contributed by atoms with Crippen molar-refractivity contribution in [2.24, 2.45) is 0 Å². The summed E-state index contributed by atoms with van der Waals surface area (Å²) < 4.78 is 0. The number of hydrogen-bond donors (Lipinski definition) is 1. The normalized spacial score (nSPS) is 8.93. The highest BCUT2D eigenvalue weighted by atomic mass is 35.5. The van der Waals surface area contributed by atoms with Crippen molar-refractivity contribution in [3.05, 3.63) is 18.3 Å². The van der Waals surface area contributed by atoms with Crippen molar-refractivity contribution in [2.45, 2.75) is 26.2 Å². The van der Waals surface area contributed by atoms with Crippen LogP contribution in [0.15, 0.2) is 18.3 Å². The molecule has 0 spiro atoms. The summed E-state index contributed by atoms with van der Waals surface area (Å²) in [6, 6.07) is 3.46. The van der Waals surface area contributed by atoms with Crippen molar-refractivity contribution in [3.8, 4) is 0 Å². The predicted molar refractivity (Wildman–Crippen MR) is 57.4 cm³/mol. The number of aromatic nitrogens is 2. The van der Waals surface area contributed by atoms with Gasteiger partial charge >= 0.3 is 0 Å². The summed E-state index contributed by atoms with van der Waals surface area (Å²) in [7, 11) is 0. The van der Waals surface area contributed by atoms with Gasteiger partial charge in [-0.05, 0) is 18.6 Å². The van der Waals surface area contributed by atoms with E-state index in [1.54, 1.807) is 18.3 Å². The van der Waals surface area contributed by atoms with Gasteiger partial charge in [0.15, 0.2) is 5.82 Å². The van der Waals surface area contributed by atoms with E-state index >= 15 is 0 Å². The molecule has 5 heteroatoms. The van der Waals surface area contributed by atoms with Gasteiger partial charge < -0.3 is 5.32 Å². The van der Waals surface area contributed by atoms with E-state index in [1.807, 2.05) is 0 Å². The Morgan fingerprint density at radius 3 is 2.93 bits per heavy atom. The quantitative estimate of drug-likeness (QED) is 0.836. The Hall–Kier alpha value is -1.16. The van der Waals surface area contributed by atoms with Crippen molar-refractivity contribution in [2.75, 3.05) is 5.32 Å². The minimum Gasteiger partial charge on any atom is -0.309 e. The van der Waals surface area contributed by atoms with Gasteiger partial charge in [-0.1, -0.05) is 13.3 Å². The smallest absolute Gasteiger partial charge is 0.225 e. The molecule has 0 bridgehead atoms. The van der Waals surface area contributed by atoms with Crippen LogP contribution >= 0.6 is 12.4 Å². The number of hydrogen-bond acceptors (Lipinski definition) is 3. The molecule has 1 rings (SSSR count). The number of carbonyl (C=O) groups excluding carboxylic acids is 1. The number of unbranched alkanes of at least 4 members (excludes halogenated alkanes) is 1. The third-order valence-corrected chi connectivity index (χ3v) is 1.60. The predicted octanol–water partition coefficient (Wildman–Crippen LogP) is 2.03. The number of amides is 1. The highest BCUT2D eigenvalue weighted by Crippen LogP contribution is 2.01. The fraction of sp³-hybridized carbons (Fsp3) is 0.444. The van der Waals surface area contributed by atoms with E-state index < -0.39 is 0 Å². The third kappa shape index (κ3) is 4.77. The minimum absolute atomic E-state index is 0. The molecule has 0 saturated carbocycles. The first kappa shape index (κ1) is 12.8. The van der Waals surface area contributed by atoms with E-state index in [2.05, 4.69) is 22.4 Å². The van der Waals surface area contributed by atoms with E-state index in [1.165, 1.54) is 0 Å². The molecule has 0 aliphatic carbocycles. The summed E-state index contributed by atoms with van der Waals surface area (Å²) in [6.07, 6.45) is 4.05. The molecule has 1 N–H and O–H groups in total. The summed E-state index contributed by atoms with van der Waals surface area (Å²) in [5.41, 5.74) is 0. The summed E-state index contributed by atoms with van der Waals surface area (Å²) in [4.78, 5) is 11.2. The van der Waals surface area contributed by atoms with Gasteiger partial charge in [-0.2, -0.15) is 5.10 Å². The highest BCUT2D eigenvalue weighted by molar-refractivity contribution is 5.89. The van der Waals surface area contributed by atoms with Gasteiger partial charge in [0.2, 0.25) is 5.91 Å². The first-order valence-corrected chi connectivity index (χ1v) is 4.40. The standard InChI is InChI=1S/C9H13N3O.ClH/c1-2-3-6-9(13)11-8-5-4-7-10-12-8;/h4-5,7H,2-3,6H2,1H3,(H,11,12,13);1H. The van der Waals surface area contributed by atoms with Gasteiger partial charge in [0.05, 0.1) is 0 Å². The van der Waals surface area contributed by atoms with Crippen LogP contribution in [0.25, 0.3) is 0 Å². The molecule has 0 fully saturated rings. The fourth-order valence-corrected chi connectivity index (χ4v) is 0.911. The van der Waals surface area contributed by atoms with Crippen LogP contribution in [-0.4, -0.2) is 16.1 Å². The number of nitrogens with zero attached hydrogens (tertiary/aromatic N) is 2. The van der Waals surface area contributed by atoms with Crippen molar-refractivity contribution < 1.29 is 4.79 Å². The molecule has 0 aliphatic rings. The van der Waals surface area contributed by atoms with E-state index in [-0.39, 0.29) is 18.3 Å². The maximum Gasteiger partial charge on any atom is 0.225 e. The summed E-state index contributed by atoms with van der Waals surface area (Å²) in [6.45, 7) is 2.05. The van der Waals surface area contributed by atoms with Gasteiger partial charge in [0.1, 0.15) is 0 Å². The minimum atomic E-state index is 0. The molecule has 78 valence electrons.